The van der Waals surface area contributed by atoms with Crippen LogP contribution in [-0.2, 0) is 0 Å². The maximum atomic E-state index is 8.13. The Morgan fingerprint density at radius 1 is 1.50 bits per heavy atom. The Hall–Kier alpha value is -2.04. The number of ether oxygens (including phenoxy) is 1. The number of anilines is 1. The summed E-state index contributed by atoms with van der Waals surface area (Å²) in [6.45, 7) is 1.81. The van der Waals surface area contributed by atoms with Crippen molar-refractivity contribution in [3.8, 4) is 5.75 Å². The van der Waals surface area contributed by atoms with E-state index in [-0.39, 0.29) is 0 Å². The molecule has 96 valence electrons. The van der Waals surface area contributed by atoms with Crippen molar-refractivity contribution in [2.75, 3.05) is 12.8 Å². The Labute approximate surface area is 107 Å². The lowest BCUT2D eigenvalue weighted by Crippen LogP contribution is -2.18. The summed E-state index contributed by atoms with van der Waals surface area (Å²) in [6, 6.07) is 5.86. The van der Waals surface area contributed by atoms with Crippen LogP contribution in [0.5, 0.6) is 5.75 Å². The van der Waals surface area contributed by atoms with Gasteiger partial charge in [-0.15, -0.1) is 0 Å². The third-order valence-corrected chi connectivity index (χ3v) is 2.87. The van der Waals surface area contributed by atoms with Crippen LogP contribution < -0.4 is 15.9 Å². The molecule has 0 aliphatic heterocycles. The third kappa shape index (κ3) is 2.61. The number of nitrogens with two attached hydrogens (primary N) is 1. The molecule has 1 saturated carbocycles. The first-order chi connectivity index (χ1) is 8.63. The SMILES string of the molecule is COc1c(N)cccc1C(=N)/C(C)=N\NC1CC1. The smallest absolute Gasteiger partial charge is 0.151 e. The highest BCUT2D eigenvalue weighted by atomic mass is 16.5. The number of benzene rings is 1. The predicted molar refractivity (Wildman–Crippen MR) is 73.5 cm³/mol. The molecule has 0 atom stereocenters. The quantitative estimate of drug-likeness (QED) is 0.420. The fourth-order valence-electron chi connectivity index (χ4n) is 1.63. The molecule has 0 saturated heterocycles. The number of hydrazone groups is 1. The van der Waals surface area contributed by atoms with Crippen LogP contribution in [0.3, 0.4) is 0 Å². The van der Waals surface area contributed by atoms with Gasteiger partial charge in [0.1, 0.15) is 0 Å². The average molecular weight is 246 g/mol. The predicted octanol–water partition coefficient (Wildman–Crippen LogP) is 1.77. The zero-order valence-electron chi connectivity index (χ0n) is 10.7. The summed E-state index contributed by atoms with van der Waals surface area (Å²) in [5.41, 5.74) is 11.0. The summed E-state index contributed by atoms with van der Waals surface area (Å²) in [4.78, 5) is 0. The Bertz CT molecular complexity index is 492. The fourth-order valence-corrected chi connectivity index (χ4v) is 1.63. The van der Waals surface area contributed by atoms with Gasteiger partial charge in [-0.2, -0.15) is 5.10 Å². The number of hydrogen-bond donors (Lipinski definition) is 3. The van der Waals surface area contributed by atoms with Crippen molar-refractivity contribution in [1.29, 1.82) is 5.41 Å². The molecule has 0 heterocycles. The summed E-state index contributed by atoms with van der Waals surface area (Å²) >= 11 is 0. The molecule has 4 N–H and O–H groups in total. The highest BCUT2D eigenvalue weighted by Gasteiger charge is 2.20. The number of para-hydroxylation sites is 1. The second kappa shape index (κ2) is 5.08. The second-order valence-electron chi connectivity index (χ2n) is 4.40. The molecule has 18 heavy (non-hydrogen) atoms. The van der Waals surface area contributed by atoms with E-state index in [1.54, 1.807) is 20.1 Å². The van der Waals surface area contributed by atoms with Crippen molar-refractivity contribution >= 4 is 17.1 Å². The molecule has 0 spiro atoms. The third-order valence-electron chi connectivity index (χ3n) is 2.87. The van der Waals surface area contributed by atoms with E-state index < -0.39 is 0 Å². The van der Waals surface area contributed by atoms with Crippen LogP contribution in [0.1, 0.15) is 25.3 Å². The van der Waals surface area contributed by atoms with E-state index in [0.29, 0.717) is 34.5 Å². The zero-order chi connectivity index (χ0) is 13.1. The Morgan fingerprint density at radius 3 is 2.83 bits per heavy atom. The zero-order valence-corrected chi connectivity index (χ0v) is 10.7. The highest BCUT2D eigenvalue weighted by molar-refractivity contribution is 6.47. The summed E-state index contributed by atoms with van der Waals surface area (Å²) < 4.78 is 5.24. The van der Waals surface area contributed by atoms with Gasteiger partial charge in [0.15, 0.2) is 5.75 Å². The summed E-state index contributed by atoms with van der Waals surface area (Å²) in [6.07, 6.45) is 2.32. The first-order valence-electron chi connectivity index (χ1n) is 5.95. The average Bonchev–Trinajstić information content (AvgIpc) is 3.18. The molecular weight excluding hydrogens is 228 g/mol. The van der Waals surface area contributed by atoms with Gasteiger partial charge >= 0.3 is 0 Å². The van der Waals surface area contributed by atoms with Gasteiger partial charge in [0, 0.05) is 11.6 Å². The lowest BCUT2D eigenvalue weighted by molar-refractivity contribution is 0.416. The lowest BCUT2D eigenvalue weighted by Gasteiger charge is -2.11. The molecule has 1 aromatic rings. The van der Waals surface area contributed by atoms with Gasteiger partial charge < -0.3 is 15.9 Å². The molecule has 5 nitrogen and oxygen atoms in total. The van der Waals surface area contributed by atoms with E-state index >= 15 is 0 Å². The Kier molecular flexibility index (Phi) is 3.50. The minimum Gasteiger partial charge on any atom is -0.494 e. The van der Waals surface area contributed by atoms with Crippen molar-refractivity contribution in [1.82, 2.24) is 5.43 Å². The van der Waals surface area contributed by atoms with E-state index in [1.165, 1.54) is 0 Å². The van der Waals surface area contributed by atoms with E-state index in [4.69, 9.17) is 15.9 Å². The molecule has 1 aromatic carbocycles. The first kappa shape index (κ1) is 12.4. The number of nitrogens with zero attached hydrogens (tertiary/aromatic N) is 1. The number of methoxy groups -OCH3 is 1. The summed E-state index contributed by atoms with van der Waals surface area (Å²) in [5, 5.41) is 12.3. The number of nitrogens with one attached hydrogen (secondary N) is 2. The van der Waals surface area contributed by atoms with Gasteiger partial charge in [-0.05, 0) is 31.9 Å². The minimum atomic E-state index is 0.326. The van der Waals surface area contributed by atoms with Crippen molar-refractivity contribution in [2.45, 2.75) is 25.8 Å². The molecule has 0 aromatic heterocycles. The summed E-state index contributed by atoms with van der Waals surface area (Å²) in [7, 11) is 1.55. The molecular formula is C13H18N4O. The van der Waals surface area contributed by atoms with Crippen LogP contribution in [0, 0.1) is 5.41 Å². The second-order valence-corrected chi connectivity index (χ2v) is 4.40. The monoisotopic (exact) mass is 246 g/mol. The standard InChI is InChI=1S/C13H18N4O/c1-8(16-17-9-6-7-9)12(15)10-4-3-5-11(14)13(10)18-2/h3-5,9,15,17H,6-7,14H2,1-2H3/b15-12?,16-8-. The van der Waals surface area contributed by atoms with E-state index in [0.717, 1.165) is 12.8 Å². The van der Waals surface area contributed by atoms with Gasteiger partial charge in [0.2, 0.25) is 0 Å². The highest BCUT2D eigenvalue weighted by Crippen LogP contribution is 2.26. The van der Waals surface area contributed by atoms with Crippen LogP contribution in [0.2, 0.25) is 0 Å². The molecule has 5 heteroatoms. The Balaban J connectivity index is 2.21. The number of rotatable bonds is 5. The molecule has 1 aliphatic rings. The van der Waals surface area contributed by atoms with Gasteiger partial charge in [-0.1, -0.05) is 6.07 Å². The number of hydrogen-bond acceptors (Lipinski definition) is 5. The van der Waals surface area contributed by atoms with Crippen molar-refractivity contribution < 1.29 is 4.74 Å². The van der Waals surface area contributed by atoms with Crippen LogP contribution in [0.25, 0.3) is 0 Å². The van der Waals surface area contributed by atoms with E-state index in [2.05, 4.69) is 10.5 Å². The van der Waals surface area contributed by atoms with Crippen molar-refractivity contribution in [3.63, 3.8) is 0 Å². The first-order valence-corrected chi connectivity index (χ1v) is 5.95. The van der Waals surface area contributed by atoms with Crippen LogP contribution in [0.15, 0.2) is 23.3 Å². The summed E-state index contributed by atoms with van der Waals surface area (Å²) in [5.74, 6) is 0.531. The normalized spacial score (nSPS) is 15.3. The van der Waals surface area contributed by atoms with Gasteiger partial charge in [0.25, 0.3) is 0 Å². The van der Waals surface area contributed by atoms with E-state index in [9.17, 15) is 0 Å². The van der Waals surface area contributed by atoms with Crippen LogP contribution in [-0.4, -0.2) is 24.6 Å². The number of nitrogen functional groups attached to an aromatic ring is 1. The van der Waals surface area contributed by atoms with Crippen molar-refractivity contribution in [3.05, 3.63) is 23.8 Å². The molecule has 2 rings (SSSR count). The topological polar surface area (TPSA) is 83.5 Å². The molecule has 0 bridgehead atoms. The molecule has 0 radical (unpaired) electrons. The van der Waals surface area contributed by atoms with Gasteiger partial charge in [-0.25, -0.2) is 0 Å². The fraction of sp³-hybridized carbons (Fsp3) is 0.385. The van der Waals surface area contributed by atoms with Gasteiger partial charge in [0.05, 0.1) is 24.2 Å². The molecule has 1 aliphatic carbocycles. The van der Waals surface area contributed by atoms with Crippen LogP contribution in [0.4, 0.5) is 5.69 Å². The molecule has 0 amide bonds. The maximum absolute atomic E-state index is 8.13. The molecule has 1 fully saturated rings. The maximum Gasteiger partial charge on any atom is 0.151 e. The molecule has 0 unspecified atom stereocenters. The van der Waals surface area contributed by atoms with Crippen LogP contribution >= 0.6 is 0 Å². The largest absolute Gasteiger partial charge is 0.494 e. The lowest BCUT2D eigenvalue weighted by atomic mass is 10.0. The van der Waals surface area contributed by atoms with Crippen molar-refractivity contribution in [2.24, 2.45) is 5.10 Å². The Morgan fingerprint density at radius 2 is 2.22 bits per heavy atom. The van der Waals surface area contributed by atoms with Gasteiger partial charge in [-0.3, -0.25) is 5.41 Å². The minimum absolute atomic E-state index is 0.326. The van der Waals surface area contributed by atoms with E-state index in [1.807, 2.05) is 12.1 Å².